The Hall–Kier alpha value is -0.870. The van der Waals surface area contributed by atoms with Gasteiger partial charge in [-0.1, -0.05) is 12.1 Å². The van der Waals surface area contributed by atoms with E-state index >= 15 is 0 Å². The molecule has 0 heterocycles. The standard InChI is InChI=1S/C11H18NO4P/c1-3-15-17(14,16-4-2)11(13)9-5-7-10(12)8-6-9/h5-8,11,13H,3-4,12H2,1-2H3. The van der Waals surface area contributed by atoms with Crippen molar-refractivity contribution < 1.29 is 18.7 Å². The number of rotatable bonds is 6. The predicted molar refractivity (Wildman–Crippen MR) is 66.7 cm³/mol. The second-order valence-corrected chi connectivity index (χ2v) is 5.50. The lowest BCUT2D eigenvalue weighted by molar-refractivity contribution is 0.150. The third kappa shape index (κ3) is 3.54. The van der Waals surface area contributed by atoms with Crippen LogP contribution in [0.3, 0.4) is 0 Å². The topological polar surface area (TPSA) is 81.8 Å². The smallest absolute Gasteiger partial charge is 0.363 e. The average Bonchev–Trinajstić information content (AvgIpc) is 2.30. The van der Waals surface area contributed by atoms with E-state index in [9.17, 15) is 9.67 Å². The van der Waals surface area contributed by atoms with Crippen LogP contribution in [0, 0.1) is 0 Å². The summed E-state index contributed by atoms with van der Waals surface area (Å²) in [5, 5.41) is 10.0. The maximum Gasteiger partial charge on any atom is 0.363 e. The van der Waals surface area contributed by atoms with E-state index in [0.29, 0.717) is 11.3 Å². The van der Waals surface area contributed by atoms with Gasteiger partial charge in [-0.05, 0) is 31.5 Å². The van der Waals surface area contributed by atoms with E-state index in [-0.39, 0.29) is 13.2 Å². The third-order valence-electron chi connectivity index (χ3n) is 2.15. The number of aliphatic hydroxyl groups excluding tert-OH is 1. The molecule has 0 bridgehead atoms. The van der Waals surface area contributed by atoms with Crippen LogP contribution in [0.15, 0.2) is 24.3 Å². The summed E-state index contributed by atoms with van der Waals surface area (Å²) in [5.74, 6) is -1.29. The van der Waals surface area contributed by atoms with Crippen molar-refractivity contribution in [3.8, 4) is 0 Å². The molecule has 17 heavy (non-hydrogen) atoms. The fourth-order valence-corrected chi connectivity index (χ4v) is 3.00. The lowest BCUT2D eigenvalue weighted by atomic mass is 10.2. The third-order valence-corrected chi connectivity index (χ3v) is 4.29. The summed E-state index contributed by atoms with van der Waals surface area (Å²) in [7, 11) is -3.53. The van der Waals surface area contributed by atoms with E-state index in [1.807, 2.05) is 0 Å². The summed E-state index contributed by atoms with van der Waals surface area (Å²) in [4.78, 5) is 0. The number of aliphatic hydroxyl groups is 1. The summed E-state index contributed by atoms with van der Waals surface area (Å²) in [6, 6.07) is 6.46. The van der Waals surface area contributed by atoms with E-state index in [2.05, 4.69) is 0 Å². The maximum atomic E-state index is 12.3. The molecule has 1 unspecified atom stereocenters. The fourth-order valence-electron chi connectivity index (χ4n) is 1.39. The molecule has 5 nitrogen and oxygen atoms in total. The van der Waals surface area contributed by atoms with Gasteiger partial charge in [0.15, 0.2) is 5.85 Å². The normalized spacial score (nSPS) is 13.6. The van der Waals surface area contributed by atoms with Gasteiger partial charge in [-0.2, -0.15) is 0 Å². The quantitative estimate of drug-likeness (QED) is 0.606. The van der Waals surface area contributed by atoms with E-state index in [4.69, 9.17) is 14.8 Å². The SMILES string of the molecule is CCOP(=O)(OCC)C(O)c1ccc(N)cc1. The average molecular weight is 259 g/mol. The molecule has 3 N–H and O–H groups in total. The highest BCUT2D eigenvalue weighted by Crippen LogP contribution is 2.59. The van der Waals surface area contributed by atoms with Gasteiger partial charge in [0.1, 0.15) is 0 Å². The summed E-state index contributed by atoms with van der Waals surface area (Å²) in [5.41, 5.74) is 6.58. The molecule has 0 saturated carbocycles. The first-order valence-corrected chi connectivity index (χ1v) is 7.07. The molecule has 1 atom stereocenters. The molecule has 0 aliphatic heterocycles. The van der Waals surface area contributed by atoms with Gasteiger partial charge in [0, 0.05) is 5.69 Å². The van der Waals surface area contributed by atoms with Gasteiger partial charge in [-0.25, -0.2) is 0 Å². The summed E-state index contributed by atoms with van der Waals surface area (Å²) >= 11 is 0. The summed E-state index contributed by atoms with van der Waals surface area (Å²) in [6.45, 7) is 3.81. The lowest BCUT2D eigenvalue weighted by Gasteiger charge is -2.22. The molecule has 0 spiro atoms. The molecule has 0 amide bonds. The van der Waals surface area contributed by atoms with Crippen LogP contribution in [0.5, 0.6) is 0 Å². The number of nitrogen functional groups attached to an aromatic ring is 1. The van der Waals surface area contributed by atoms with Gasteiger partial charge in [0.25, 0.3) is 0 Å². The van der Waals surface area contributed by atoms with Crippen LogP contribution in [0.1, 0.15) is 25.3 Å². The molecule has 1 rings (SSSR count). The van der Waals surface area contributed by atoms with Crippen molar-refractivity contribution in [1.82, 2.24) is 0 Å². The molecule has 96 valence electrons. The molecule has 0 aromatic heterocycles. The largest absolute Gasteiger partial charge is 0.399 e. The van der Waals surface area contributed by atoms with Crippen LogP contribution in [-0.2, 0) is 13.6 Å². The molecule has 1 aromatic rings. The molecular weight excluding hydrogens is 241 g/mol. The van der Waals surface area contributed by atoms with Crippen molar-refractivity contribution in [1.29, 1.82) is 0 Å². The first-order chi connectivity index (χ1) is 8.03. The Balaban J connectivity index is 2.95. The number of hydrogen-bond acceptors (Lipinski definition) is 5. The molecule has 0 aliphatic carbocycles. The van der Waals surface area contributed by atoms with Crippen LogP contribution in [0.2, 0.25) is 0 Å². The minimum Gasteiger partial charge on any atom is -0.399 e. The Morgan fingerprint density at radius 3 is 2.12 bits per heavy atom. The van der Waals surface area contributed by atoms with Gasteiger partial charge in [0.05, 0.1) is 13.2 Å². The molecule has 0 aliphatic rings. The number of benzene rings is 1. The van der Waals surface area contributed by atoms with Crippen molar-refractivity contribution in [3.05, 3.63) is 29.8 Å². The van der Waals surface area contributed by atoms with E-state index in [1.54, 1.807) is 38.1 Å². The highest BCUT2D eigenvalue weighted by molar-refractivity contribution is 7.54. The van der Waals surface area contributed by atoms with Gasteiger partial charge in [0.2, 0.25) is 0 Å². The highest BCUT2D eigenvalue weighted by Gasteiger charge is 2.35. The fraction of sp³-hybridized carbons (Fsp3) is 0.455. The number of hydrogen-bond donors (Lipinski definition) is 2. The van der Waals surface area contributed by atoms with E-state index in [0.717, 1.165) is 0 Å². The number of anilines is 1. The second kappa shape index (κ2) is 6.17. The van der Waals surface area contributed by atoms with Gasteiger partial charge < -0.3 is 19.9 Å². The Bertz CT molecular complexity index is 383. The maximum absolute atomic E-state index is 12.3. The summed E-state index contributed by atoms with van der Waals surface area (Å²) < 4.78 is 22.4. The van der Waals surface area contributed by atoms with E-state index in [1.165, 1.54) is 0 Å². The molecular formula is C11H18NO4P. The summed E-state index contributed by atoms with van der Waals surface area (Å²) in [6.07, 6.45) is 0. The zero-order chi connectivity index (χ0) is 12.9. The van der Waals surface area contributed by atoms with Crippen LogP contribution < -0.4 is 5.73 Å². The van der Waals surface area contributed by atoms with Gasteiger partial charge in [-0.3, -0.25) is 4.57 Å². The second-order valence-electron chi connectivity index (χ2n) is 3.42. The minimum absolute atomic E-state index is 0.212. The first kappa shape index (κ1) is 14.2. The monoisotopic (exact) mass is 259 g/mol. The zero-order valence-electron chi connectivity index (χ0n) is 10.00. The molecule has 6 heteroatoms. The van der Waals surface area contributed by atoms with Crippen molar-refractivity contribution >= 4 is 13.3 Å². The Morgan fingerprint density at radius 1 is 1.24 bits per heavy atom. The molecule has 0 fully saturated rings. The lowest BCUT2D eigenvalue weighted by Crippen LogP contribution is -2.06. The molecule has 0 radical (unpaired) electrons. The van der Waals surface area contributed by atoms with Crippen molar-refractivity contribution in [3.63, 3.8) is 0 Å². The predicted octanol–water partition coefficient (Wildman–Crippen LogP) is 2.53. The van der Waals surface area contributed by atoms with Crippen LogP contribution in [-0.4, -0.2) is 18.3 Å². The molecule has 0 saturated heterocycles. The minimum atomic E-state index is -3.53. The van der Waals surface area contributed by atoms with Crippen molar-refractivity contribution in [2.75, 3.05) is 18.9 Å². The van der Waals surface area contributed by atoms with E-state index < -0.39 is 13.4 Å². The molecule has 1 aromatic carbocycles. The van der Waals surface area contributed by atoms with Gasteiger partial charge >= 0.3 is 7.60 Å². The zero-order valence-corrected chi connectivity index (χ0v) is 10.9. The van der Waals surface area contributed by atoms with Crippen LogP contribution >= 0.6 is 7.60 Å². The van der Waals surface area contributed by atoms with Crippen LogP contribution in [0.4, 0.5) is 5.69 Å². The Morgan fingerprint density at radius 2 is 1.71 bits per heavy atom. The highest BCUT2D eigenvalue weighted by atomic mass is 31.2. The first-order valence-electron chi connectivity index (χ1n) is 5.45. The number of nitrogens with two attached hydrogens (primary N) is 1. The Labute approximate surface area is 101 Å². The van der Waals surface area contributed by atoms with Crippen molar-refractivity contribution in [2.24, 2.45) is 0 Å². The Kier molecular flexibility index (Phi) is 5.15. The van der Waals surface area contributed by atoms with Crippen LogP contribution in [0.25, 0.3) is 0 Å². The van der Waals surface area contributed by atoms with Crippen molar-refractivity contribution in [2.45, 2.75) is 19.7 Å². The van der Waals surface area contributed by atoms with Gasteiger partial charge in [-0.15, -0.1) is 0 Å².